The second kappa shape index (κ2) is 5.57. The van der Waals surface area contributed by atoms with E-state index in [2.05, 4.69) is 5.32 Å². The SMILES string of the molecule is CC(Oc1ccc(C(C)N)cc1F)C(=O)NC1CC1. The average molecular weight is 266 g/mol. The van der Waals surface area contributed by atoms with Crippen molar-refractivity contribution in [2.45, 2.75) is 44.9 Å². The van der Waals surface area contributed by atoms with Crippen molar-refractivity contribution >= 4 is 5.91 Å². The number of ether oxygens (including phenoxy) is 1. The first-order valence-corrected chi connectivity index (χ1v) is 6.49. The molecule has 1 aliphatic rings. The molecule has 1 fully saturated rings. The summed E-state index contributed by atoms with van der Waals surface area (Å²) in [7, 11) is 0. The number of carbonyl (C=O) groups excluding carboxylic acids is 1. The predicted molar refractivity (Wildman–Crippen MR) is 70.3 cm³/mol. The fourth-order valence-electron chi connectivity index (χ4n) is 1.69. The van der Waals surface area contributed by atoms with Crippen LogP contribution in [0.1, 0.15) is 38.3 Å². The molecule has 1 saturated carbocycles. The van der Waals surface area contributed by atoms with Gasteiger partial charge in [0, 0.05) is 12.1 Å². The van der Waals surface area contributed by atoms with Gasteiger partial charge in [-0.25, -0.2) is 4.39 Å². The van der Waals surface area contributed by atoms with Crippen LogP contribution in [0.25, 0.3) is 0 Å². The largest absolute Gasteiger partial charge is 0.478 e. The Morgan fingerprint density at radius 1 is 1.47 bits per heavy atom. The Bertz CT molecular complexity index is 473. The van der Waals surface area contributed by atoms with E-state index >= 15 is 0 Å². The third-order valence-electron chi connectivity index (χ3n) is 3.08. The maximum atomic E-state index is 13.8. The maximum absolute atomic E-state index is 13.8. The summed E-state index contributed by atoms with van der Waals surface area (Å²) in [4.78, 5) is 11.7. The van der Waals surface area contributed by atoms with Crippen LogP contribution in [0.3, 0.4) is 0 Å². The van der Waals surface area contributed by atoms with Crippen molar-refractivity contribution in [2.75, 3.05) is 0 Å². The van der Waals surface area contributed by atoms with Crippen LogP contribution in [-0.4, -0.2) is 18.1 Å². The van der Waals surface area contributed by atoms with Gasteiger partial charge in [0.2, 0.25) is 0 Å². The maximum Gasteiger partial charge on any atom is 0.260 e. The Morgan fingerprint density at radius 3 is 2.68 bits per heavy atom. The standard InChI is InChI=1S/C14H19FN2O2/c1-8(16)10-3-6-13(12(15)7-10)19-9(2)14(18)17-11-4-5-11/h3,6-9,11H,4-5,16H2,1-2H3,(H,17,18). The van der Waals surface area contributed by atoms with Gasteiger partial charge in [0.15, 0.2) is 17.7 Å². The highest BCUT2D eigenvalue weighted by Crippen LogP contribution is 2.23. The first kappa shape index (κ1) is 13.8. The van der Waals surface area contributed by atoms with Gasteiger partial charge in [-0.3, -0.25) is 4.79 Å². The summed E-state index contributed by atoms with van der Waals surface area (Å²) < 4.78 is 19.1. The van der Waals surface area contributed by atoms with E-state index < -0.39 is 11.9 Å². The molecule has 19 heavy (non-hydrogen) atoms. The molecule has 0 aromatic heterocycles. The second-order valence-corrected chi connectivity index (χ2v) is 5.02. The average Bonchev–Trinajstić information content (AvgIpc) is 3.15. The fourth-order valence-corrected chi connectivity index (χ4v) is 1.69. The minimum absolute atomic E-state index is 0.0721. The van der Waals surface area contributed by atoms with Crippen molar-refractivity contribution in [2.24, 2.45) is 5.73 Å². The van der Waals surface area contributed by atoms with Crippen molar-refractivity contribution in [1.29, 1.82) is 0 Å². The lowest BCUT2D eigenvalue weighted by Crippen LogP contribution is -2.37. The summed E-state index contributed by atoms with van der Waals surface area (Å²) in [5.74, 6) is -0.637. The molecule has 1 aromatic carbocycles. The lowest BCUT2D eigenvalue weighted by molar-refractivity contribution is -0.127. The van der Waals surface area contributed by atoms with Gasteiger partial charge in [0.25, 0.3) is 5.91 Å². The number of rotatable bonds is 5. The van der Waals surface area contributed by atoms with Crippen molar-refractivity contribution < 1.29 is 13.9 Å². The molecule has 0 bridgehead atoms. The van der Waals surface area contributed by atoms with Gasteiger partial charge in [0.05, 0.1) is 0 Å². The number of hydrogen-bond acceptors (Lipinski definition) is 3. The van der Waals surface area contributed by atoms with E-state index in [0.717, 1.165) is 12.8 Å². The molecule has 2 rings (SSSR count). The van der Waals surface area contributed by atoms with Gasteiger partial charge >= 0.3 is 0 Å². The van der Waals surface area contributed by atoms with Crippen molar-refractivity contribution in [3.63, 3.8) is 0 Å². The molecule has 4 nitrogen and oxygen atoms in total. The van der Waals surface area contributed by atoms with E-state index in [4.69, 9.17) is 10.5 Å². The summed E-state index contributed by atoms with van der Waals surface area (Å²) in [6.07, 6.45) is 1.31. The summed E-state index contributed by atoms with van der Waals surface area (Å²) in [5.41, 5.74) is 6.37. The van der Waals surface area contributed by atoms with E-state index in [1.165, 1.54) is 12.1 Å². The molecular weight excluding hydrogens is 247 g/mol. The molecular formula is C14H19FN2O2. The molecule has 1 aliphatic carbocycles. The molecule has 2 atom stereocenters. The Labute approximate surface area is 112 Å². The van der Waals surface area contributed by atoms with Crippen molar-refractivity contribution in [3.05, 3.63) is 29.6 Å². The lowest BCUT2D eigenvalue weighted by atomic mass is 10.1. The molecule has 1 amide bonds. The number of halogens is 1. The van der Waals surface area contributed by atoms with E-state index in [0.29, 0.717) is 5.56 Å². The highest BCUT2D eigenvalue weighted by Gasteiger charge is 2.26. The molecule has 0 spiro atoms. The van der Waals surface area contributed by atoms with Gasteiger partial charge in [-0.05, 0) is 44.4 Å². The number of hydrogen-bond donors (Lipinski definition) is 2. The minimum Gasteiger partial charge on any atom is -0.478 e. The van der Waals surface area contributed by atoms with Crippen LogP contribution in [0.5, 0.6) is 5.75 Å². The molecule has 0 radical (unpaired) electrons. The molecule has 1 aromatic rings. The monoisotopic (exact) mass is 266 g/mol. The molecule has 0 heterocycles. The van der Waals surface area contributed by atoms with Gasteiger partial charge in [-0.2, -0.15) is 0 Å². The van der Waals surface area contributed by atoms with Crippen LogP contribution in [0.4, 0.5) is 4.39 Å². The second-order valence-electron chi connectivity index (χ2n) is 5.02. The van der Waals surface area contributed by atoms with Gasteiger partial charge in [-0.1, -0.05) is 6.07 Å². The van der Waals surface area contributed by atoms with E-state index in [1.807, 2.05) is 0 Å². The molecule has 0 aliphatic heterocycles. The number of nitrogens with two attached hydrogens (primary N) is 1. The predicted octanol–water partition coefficient (Wildman–Crippen LogP) is 1.89. The van der Waals surface area contributed by atoms with Crippen LogP contribution in [0, 0.1) is 5.82 Å². The lowest BCUT2D eigenvalue weighted by Gasteiger charge is -2.16. The van der Waals surface area contributed by atoms with Crippen LogP contribution < -0.4 is 15.8 Å². The Balaban J connectivity index is 1.99. The van der Waals surface area contributed by atoms with Gasteiger partial charge in [-0.15, -0.1) is 0 Å². The third-order valence-corrected chi connectivity index (χ3v) is 3.08. The number of nitrogens with one attached hydrogen (secondary N) is 1. The topological polar surface area (TPSA) is 64.3 Å². The molecule has 3 N–H and O–H groups in total. The zero-order valence-corrected chi connectivity index (χ0v) is 11.2. The van der Waals surface area contributed by atoms with Crippen LogP contribution in [0.15, 0.2) is 18.2 Å². The van der Waals surface area contributed by atoms with Gasteiger partial charge < -0.3 is 15.8 Å². The smallest absolute Gasteiger partial charge is 0.260 e. The number of benzene rings is 1. The zero-order valence-electron chi connectivity index (χ0n) is 11.2. The summed E-state index contributed by atoms with van der Waals surface area (Å²) in [6.45, 7) is 3.39. The first-order valence-electron chi connectivity index (χ1n) is 6.49. The number of carbonyl (C=O) groups is 1. The van der Waals surface area contributed by atoms with E-state index in [1.54, 1.807) is 19.9 Å². The van der Waals surface area contributed by atoms with Crippen molar-refractivity contribution in [1.82, 2.24) is 5.32 Å². The normalized spacial score (nSPS) is 17.7. The molecule has 0 saturated heterocycles. The summed E-state index contributed by atoms with van der Waals surface area (Å²) >= 11 is 0. The van der Waals surface area contributed by atoms with E-state index in [9.17, 15) is 9.18 Å². The Hall–Kier alpha value is -1.62. The molecule has 2 unspecified atom stereocenters. The van der Waals surface area contributed by atoms with E-state index in [-0.39, 0.29) is 23.7 Å². The fraction of sp³-hybridized carbons (Fsp3) is 0.500. The third kappa shape index (κ3) is 3.67. The van der Waals surface area contributed by atoms with Crippen LogP contribution in [-0.2, 0) is 4.79 Å². The Morgan fingerprint density at radius 2 is 2.16 bits per heavy atom. The molecule has 5 heteroatoms. The highest BCUT2D eigenvalue weighted by molar-refractivity contribution is 5.81. The molecule has 104 valence electrons. The van der Waals surface area contributed by atoms with Crippen LogP contribution >= 0.6 is 0 Å². The van der Waals surface area contributed by atoms with Gasteiger partial charge in [0.1, 0.15) is 0 Å². The minimum atomic E-state index is -0.712. The first-order chi connectivity index (χ1) is 8.97. The van der Waals surface area contributed by atoms with Crippen molar-refractivity contribution in [3.8, 4) is 5.75 Å². The summed E-state index contributed by atoms with van der Waals surface area (Å²) in [5, 5.41) is 2.82. The highest BCUT2D eigenvalue weighted by atomic mass is 19.1. The summed E-state index contributed by atoms with van der Waals surface area (Å²) in [6, 6.07) is 4.58. The quantitative estimate of drug-likeness (QED) is 0.855. The van der Waals surface area contributed by atoms with Crippen LogP contribution in [0.2, 0.25) is 0 Å². The Kier molecular flexibility index (Phi) is 4.04. The zero-order chi connectivity index (χ0) is 14.0. The number of amides is 1.